The van der Waals surface area contributed by atoms with E-state index in [9.17, 15) is 9.59 Å². The maximum Gasteiger partial charge on any atom is 0.289 e. The molecule has 0 N–H and O–H groups in total. The maximum atomic E-state index is 12.8. The second-order valence-corrected chi connectivity index (χ2v) is 10.2. The van der Waals surface area contributed by atoms with Crippen LogP contribution in [0.25, 0.3) is 0 Å². The summed E-state index contributed by atoms with van der Waals surface area (Å²) in [7, 11) is 1.40. The number of carbonyl (C=O) groups excluding carboxylic acids is 1. The first-order valence-electron chi connectivity index (χ1n) is 11.4. The topological polar surface area (TPSA) is 98.9 Å². The van der Waals surface area contributed by atoms with E-state index in [1.807, 2.05) is 29.6 Å². The molecule has 5 rings (SSSR count). The van der Waals surface area contributed by atoms with E-state index in [2.05, 4.69) is 10.3 Å². The van der Waals surface area contributed by atoms with E-state index < -0.39 is 5.56 Å². The normalized spacial score (nSPS) is 18.1. The summed E-state index contributed by atoms with van der Waals surface area (Å²) in [6.45, 7) is 0.992. The van der Waals surface area contributed by atoms with E-state index in [-0.39, 0.29) is 35.2 Å². The Labute approximate surface area is 221 Å². The lowest BCUT2D eigenvalue weighted by Gasteiger charge is -2.31. The average Bonchev–Trinajstić information content (AvgIpc) is 3.58. The van der Waals surface area contributed by atoms with Crippen molar-refractivity contribution in [2.45, 2.75) is 37.8 Å². The number of piperidine rings is 1. The fourth-order valence-electron chi connectivity index (χ4n) is 4.35. The first-order chi connectivity index (χ1) is 17.4. The lowest BCUT2D eigenvalue weighted by atomic mass is 9.97. The number of nitrogens with zero attached hydrogens (tertiary/aromatic N) is 5. The fourth-order valence-corrected chi connectivity index (χ4v) is 5.83. The van der Waals surface area contributed by atoms with Gasteiger partial charge in [-0.15, -0.1) is 11.3 Å². The van der Waals surface area contributed by atoms with Crippen molar-refractivity contribution in [2.75, 3.05) is 20.2 Å². The van der Waals surface area contributed by atoms with Gasteiger partial charge < -0.3 is 14.5 Å². The molecule has 3 aromatic rings. The summed E-state index contributed by atoms with van der Waals surface area (Å²) in [6, 6.07) is 7.61. The smallest absolute Gasteiger partial charge is 0.289 e. The van der Waals surface area contributed by atoms with E-state index in [4.69, 9.17) is 37.8 Å². The lowest BCUT2D eigenvalue weighted by Crippen LogP contribution is -2.41. The Morgan fingerprint density at radius 1 is 1.25 bits per heavy atom. The van der Waals surface area contributed by atoms with E-state index >= 15 is 0 Å². The summed E-state index contributed by atoms with van der Waals surface area (Å²) in [5.41, 5.74) is 2.00. The fraction of sp³-hybridized carbons (Fsp3) is 0.375. The molecule has 1 atom stereocenters. The Kier molecular flexibility index (Phi) is 7.27. The largest absolute Gasteiger partial charge is 0.493 e. The van der Waals surface area contributed by atoms with Crippen molar-refractivity contribution in [1.82, 2.24) is 19.7 Å². The molecule has 1 saturated heterocycles. The molecule has 0 unspecified atom stereocenters. The van der Waals surface area contributed by atoms with Crippen molar-refractivity contribution in [1.29, 1.82) is 0 Å². The number of thiazole rings is 1. The maximum absolute atomic E-state index is 12.8. The molecule has 2 aliphatic rings. The van der Waals surface area contributed by atoms with Crippen molar-refractivity contribution in [3.05, 3.63) is 72.5 Å². The summed E-state index contributed by atoms with van der Waals surface area (Å²) in [4.78, 5) is 37.3. The molecule has 4 heterocycles. The van der Waals surface area contributed by atoms with Gasteiger partial charge in [-0.25, -0.2) is 9.67 Å². The van der Waals surface area contributed by atoms with Crippen LogP contribution in [0, 0.1) is 0 Å². The van der Waals surface area contributed by atoms with Crippen LogP contribution in [0.3, 0.4) is 0 Å². The van der Waals surface area contributed by atoms with Gasteiger partial charge in [0.15, 0.2) is 16.9 Å². The molecule has 0 spiro atoms. The van der Waals surface area contributed by atoms with Gasteiger partial charge in [0.25, 0.3) is 5.56 Å². The van der Waals surface area contributed by atoms with Crippen molar-refractivity contribution < 1.29 is 14.4 Å². The number of methoxy groups -OCH3 is 1. The van der Waals surface area contributed by atoms with Crippen LogP contribution in [0.4, 0.5) is 0 Å². The molecule has 0 saturated carbocycles. The standard InChI is InChI=1S/C24H23Cl2N5O4S/c1-34-20-11-27-31(24(33)22(20)26)12-21(32)30-8-6-14(7-9-30)23-28-18(13-36-23)17-10-19(35-29-17)15-4-2-3-5-16(15)25/h2-5,11,13-14,19H,6-10,12H2,1H3/t19-/m0/s1. The zero-order valence-electron chi connectivity index (χ0n) is 19.4. The van der Waals surface area contributed by atoms with Gasteiger partial charge in [-0.2, -0.15) is 5.10 Å². The number of carbonyl (C=O) groups is 1. The Hall–Kier alpha value is -2.95. The summed E-state index contributed by atoms with van der Waals surface area (Å²) in [5.74, 6) is 0.266. The molecule has 1 fully saturated rings. The summed E-state index contributed by atoms with van der Waals surface area (Å²) < 4.78 is 6.05. The monoisotopic (exact) mass is 547 g/mol. The average molecular weight is 548 g/mol. The van der Waals surface area contributed by atoms with Gasteiger partial charge in [-0.05, 0) is 18.9 Å². The molecule has 36 heavy (non-hydrogen) atoms. The van der Waals surface area contributed by atoms with Gasteiger partial charge in [0.2, 0.25) is 5.91 Å². The second-order valence-electron chi connectivity index (χ2n) is 8.57. The van der Waals surface area contributed by atoms with E-state index in [0.717, 1.165) is 39.5 Å². The number of aromatic nitrogens is 3. The van der Waals surface area contributed by atoms with Crippen molar-refractivity contribution in [2.24, 2.45) is 5.16 Å². The molecule has 9 nitrogen and oxygen atoms in total. The molecular formula is C24H23Cl2N5O4S. The van der Waals surface area contributed by atoms with Crippen LogP contribution >= 0.6 is 34.5 Å². The number of amides is 1. The van der Waals surface area contributed by atoms with Gasteiger partial charge in [-0.1, -0.05) is 46.6 Å². The highest BCUT2D eigenvalue weighted by Gasteiger charge is 2.30. The SMILES string of the molecule is COc1cnn(CC(=O)N2CCC(c3nc(C4=NO[C@H](c5ccccc5Cl)C4)cs3)CC2)c(=O)c1Cl. The minimum absolute atomic E-state index is 0.0889. The first-order valence-corrected chi connectivity index (χ1v) is 13.1. The van der Waals surface area contributed by atoms with Crippen molar-refractivity contribution in [3.63, 3.8) is 0 Å². The zero-order valence-corrected chi connectivity index (χ0v) is 21.7. The van der Waals surface area contributed by atoms with Gasteiger partial charge in [0.05, 0.1) is 24.0 Å². The third-order valence-electron chi connectivity index (χ3n) is 6.39. The van der Waals surface area contributed by atoms with Crippen molar-refractivity contribution in [3.8, 4) is 5.75 Å². The van der Waals surface area contributed by atoms with Crippen LogP contribution in [-0.2, 0) is 16.2 Å². The molecule has 0 radical (unpaired) electrons. The molecule has 188 valence electrons. The summed E-state index contributed by atoms with van der Waals surface area (Å²) >= 11 is 13.9. The van der Waals surface area contributed by atoms with Crippen LogP contribution in [0.2, 0.25) is 10.0 Å². The quantitative estimate of drug-likeness (QED) is 0.456. The minimum Gasteiger partial charge on any atom is -0.493 e. The first kappa shape index (κ1) is 24.7. The van der Waals surface area contributed by atoms with Crippen LogP contribution in [-0.4, -0.2) is 51.5 Å². The number of hydrogen-bond acceptors (Lipinski definition) is 8. The number of oxime groups is 1. The molecule has 1 aromatic carbocycles. The number of halogens is 2. The molecule has 2 aliphatic heterocycles. The van der Waals surface area contributed by atoms with Gasteiger partial charge in [0, 0.05) is 41.4 Å². The second kappa shape index (κ2) is 10.6. The Bertz CT molecular complexity index is 1370. The number of likely N-dealkylation sites (tertiary alicyclic amines) is 1. The Morgan fingerprint density at radius 2 is 2.03 bits per heavy atom. The lowest BCUT2D eigenvalue weighted by molar-refractivity contribution is -0.133. The van der Waals surface area contributed by atoms with Crippen LogP contribution in [0.5, 0.6) is 5.75 Å². The molecule has 1 amide bonds. The van der Waals surface area contributed by atoms with E-state index in [0.29, 0.717) is 24.5 Å². The summed E-state index contributed by atoms with van der Waals surface area (Å²) in [6.07, 6.45) is 3.31. The van der Waals surface area contributed by atoms with Crippen LogP contribution in [0.15, 0.2) is 45.8 Å². The minimum atomic E-state index is -0.551. The molecule has 12 heteroatoms. The third-order valence-corrected chi connectivity index (χ3v) is 8.09. The molecule has 2 aromatic heterocycles. The highest BCUT2D eigenvalue weighted by molar-refractivity contribution is 7.10. The third kappa shape index (κ3) is 4.98. The predicted molar refractivity (Wildman–Crippen MR) is 137 cm³/mol. The van der Waals surface area contributed by atoms with Crippen LogP contribution in [0.1, 0.15) is 47.5 Å². The predicted octanol–water partition coefficient (Wildman–Crippen LogP) is 4.29. The zero-order chi connectivity index (χ0) is 25.2. The number of benzene rings is 1. The van der Waals surface area contributed by atoms with E-state index in [1.165, 1.54) is 13.3 Å². The van der Waals surface area contributed by atoms with Gasteiger partial charge >= 0.3 is 0 Å². The van der Waals surface area contributed by atoms with Gasteiger partial charge in [-0.3, -0.25) is 9.59 Å². The van der Waals surface area contributed by atoms with Gasteiger partial charge in [0.1, 0.15) is 12.3 Å². The van der Waals surface area contributed by atoms with E-state index in [1.54, 1.807) is 16.2 Å². The molecular weight excluding hydrogens is 525 g/mol. The highest BCUT2D eigenvalue weighted by Crippen LogP contribution is 2.35. The highest BCUT2D eigenvalue weighted by atomic mass is 35.5. The number of rotatable bonds is 6. The van der Waals surface area contributed by atoms with Crippen LogP contribution < -0.4 is 10.3 Å². The number of hydrogen-bond donors (Lipinski definition) is 0. The molecule has 0 bridgehead atoms. The Morgan fingerprint density at radius 3 is 2.78 bits per heavy atom. The Balaban J connectivity index is 1.17. The van der Waals surface area contributed by atoms with Crippen molar-refractivity contribution >= 4 is 46.2 Å². The number of ether oxygens (including phenoxy) is 1. The summed E-state index contributed by atoms with van der Waals surface area (Å²) in [5, 5.41) is 11.9. The molecule has 0 aliphatic carbocycles.